The van der Waals surface area contributed by atoms with E-state index in [1.807, 2.05) is 60.7 Å². The van der Waals surface area contributed by atoms with E-state index in [4.69, 9.17) is 4.74 Å². The molecule has 4 nitrogen and oxygen atoms in total. The number of hydrogen-bond acceptors (Lipinski definition) is 4. The van der Waals surface area contributed by atoms with E-state index in [9.17, 15) is 4.79 Å². The quantitative estimate of drug-likeness (QED) is 0.536. The lowest BCUT2D eigenvalue weighted by Gasteiger charge is -2.07. The molecular weight excluding hydrogens is 380 g/mol. The molecule has 0 radical (unpaired) electrons. The molecule has 5 heteroatoms. The molecule has 1 fully saturated rings. The number of hydrogen-bond donors (Lipinski definition) is 0. The van der Waals surface area contributed by atoms with Crippen LogP contribution in [-0.2, 0) is 4.79 Å². The zero-order chi connectivity index (χ0) is 20.2. The van der Waals surface area contributed by atoms with E-state index in [0.717, 1.165) is 22.6 Å². The number of thioether (sulfide) groups is 1. The van der Waals surface area contributed by atoms with Gasteiger partial charge in [-0.25, -0.2) is 4.99 Å². The van der Waals surface area contributed by atoms with E-state index in [0.29, 0.717) is 10.1 Å². The number of ether oxygens (including phenoxy) is 1. The number of amidine groups is 1. The zero-order valence-electron chi connectivity index (χ0n) is 16.2. The van der Waals surface area contributed by atoms with E-state index in [2.05, 4.69) is 29.3 Å². The summed E-state index contributed by atoms with van der Waals surface area (Å²) in [6, 6.07) is 25.9. The van der Waals surface area contributed by atoms with Crippen LogP contribution in [0.2, 0.25) is 0 Å². The Morgan fingerprint density at radius 3 is 2.21 bits per heavy atom. The van der Waals surface area contributed by atoms with Gasteiger partial charge in [0.05, 0.1) is 17.7 Å². The molecule has 1 saturated heterocycles. The summed E-state index contributed by atoms with van der Waals surface area (Å²) in [5.41, 5.74) is 4.09. The molecule has 0 aromatic heterocycles. The Bertz CT molecular complexity index is 1070. The Morgan fingerprint density at radius 1 is 0.897 bits per heavy atom. The Labute approximate surface area is 174 Å². The fourth-order valence-corrected chi connectivity index (χ4v) is 3.96. The number of benzene rings is 3. The van der Waals surface area contributed by atoms with Gasteiger partial charge in [0, 0.05) is 7.05 Å². The number of rotatable bonds is 4. The number of methoxy groups -OCH3 is 1. The largest absolute Gasteiger partial charge is 0.497 e. The molecule has 1 aliphatic rings. The third kappa shape index (κ3) is 4.25. The molecule has 0 bridgehead atoms. The van der Waals surface area contributed by atoms with Crippen LogP contribution >= 0.6 is 11.8 Å². The Morgan fingerprint density at radius 2 is 1.55 bits per heavy atom. The fourth-order valence-electron chi connectivity index (χ4n) is 2.97. The summed E-state index contributed by atoms with van der Waals surface area (Å²) >= 11 is 1.38. The van der Waals surface area contributed by atoms with Crippen molar-refractivity contribution in [1.82, 2.24) is 4.90 Å². The van der Waals surface area contributed by atoms with Crippen LogP contribution in [0.3, 0.4) is 0 Å². The lowest BCUT2D eigenvalue weighted by Crippen LogP contribution is -2.23. The monoisotopic (exact) mass is 400 g/mol. The van der Waals surface area contributed by atoms with Crippen molar-refractivity contribution in [2.45, 2.75) is 0 Å². The van der Waals surface area contributed by atoms with Gasteiger partial charge in [0.25, 0.3) is 5.91 Å². The summed E-state index contributed by atoms with van der Waals surface area (Å²) in [4.78, 5) is 19.5. The number of aliphatic imine (C=N–C) groups is 1. The second-order valence-corrected chi connectivity index (χ2v) is 7.56. The lowest BCUT2D eigenvalue weighted by atomic mass is 10.0. The summed E-state index contributed by atoms with van der Waals surface area (Å²) < 4.78 is 5.17. The smallest absolute Gasteiger partial charge is 0.266 e. The first-order valence-corrected chi connectivity index (χ1v) is 10.0. The van der Waals surface area contributed by atoms with Crippen molar-refractivity contribution in [3.63, 3.8) is 0 Å². The minimum atomic E-state index is -0.0469. The minimum Gasteiger partial charge on any atom is -0.497 e. The molecule has 0 saturated carbocycles. The first kappa shape index (κ1) is 19.0. The molecule has 29 heavy (non-hydrogen) atoms. The normalized spacial score (nSPS) is 16.6. The fraction of sp³-hybridized carbons (Fsp3) is 0.0833. The van der Waals surface area contributed by atoms with Gasteiger partial charge in [-0.15, -0.1) is 0 Å². The van der Waals surface area contributed by atoms with Crippen molar-refractivity contribution in [2.75, 3.05) is 14.2 Å². The first-order valence-electron chi connectivity index (χ1n) is 9.20. The summed E-state index contributed by atoms with van der Waals surface area (Å²) in [5.74, 6) is 0.728. The summed E-state index contributed by atoms with van der Waals surface area (Å²) in [5, 5.41) is 0.660. The highest BCUT2D eigenvalue weighted by Gasteiger charge is 2.30. The molecule has 0 spiro atoms. The van der Waals surface area contributed by atoms with Crippen molar-refractivity contribution in [3.8, 4) is 16.9 Å². The van der Waals surface area contributed by atoms with Crippen LogP contribution in [0.5, 0.6) is 5.75 Å². The van der Waals surface area contributed by atoms with Gasteiger partial charge >= 0.3 is 0 Å². The molecule has 0 N–H and O–H groups in total. The van der Waals surface area contributed by atoms with Crippen molar-refractivity contribution in [2.24, 2.45) is 4.99 Å². The molecule has 3 aromatic carbocycles. The second kappa shape index (κ2) is 8.37. The highest BCUT2D eigenvalue weighted by atomic mass is 32.2. The van der Waals surface area contributed by atoms with Gasteiger partial charge in [-0.2, -0.15) is 0 Å². The molecule has 1 aliphatic heterocycles. The molecule has 1 amide bonds. The van der Waals surface area contributed by atoms with Crippen LogP contribution in [0.4, 0.5) is 5.69 Å². The van der Waals surface area contributed by atoms with Gasteiger partial charge in [-0.05, 0) is 58.8 Å². The number of likely N-dealkylation sites (N-methyl/N-ethyl adjacent to an activating group) is 1. The van der Waals surface area contributed by atoms with Gasteiger partial charge in [-0.1, -0.05) is 54.6 Å². The van der Waals surface area contributed by atoms with E-state index in [-0.39, 0.29) is 5.91 Å². The van der Waals surface area contributed by atoms with E-state index >= 15 is 0 Å². The van der Waals surface area contributed by atoms with Crippen molar-refractivity contribution in [1.29, 1.82) is 0 Å². The van der Waals surface area contributed by atoms with Crippen LogP contribution < -0.4 is 4.74 Å². The molecule has 0 aliphatic carbocycles. The number of nitrogens with zero attached hydrogens (tertiary/aromatic N) is 2. The summed E-state index contributed by atoms with van der Waals surface area (Å²) in [7, 11) is 3.38. The van der Waals surface area contributed by atoms with E-state index < -0.39 is 0 Å². The average Bonchev–Trinajstić information content (AvgIpc) is 3.03. The zero-order valence-corrected chi connectivity index (χ0v) is 17.0. The summed E-state index contributed by atoms with van der Waals surface area (Å²) in [6.45, 7) is 0. The highest BCUT2D eigenvalue weighted by molar-refractivity contribution is 8.18. The number of carbonyl (C=O) groups excluding carboxylic acids is 1. The minimum absolute atomic E-state index is 0.0469. The molecule has 3 aromatic rings. The standard InChI is InChI=1S/C24H20N2O2S/c1-26-23(27)22(29-24(26)25-20-12-14-21(28-2)15-13-20)16-17-8-10-19(11-9-17)18-6-4-3-5-7-18/h3-16H,1-2H3/b22-16-,25-24?. The molecule has 0 atom stereocenters. The average molecular weight is 401 g/mol. The highest BCUT2D eigenvalue weighted by Crippen LogP contribution is 2.33. The summed E-state index contributed by atoms with van der Waals surface area (Å²) in [6.07, 6.45) is 1.91. The predicted octanol–water partition coefficient (Wildman–Crippen LogP) is 5.60. The van der Waals surface area contributed by atoms with Crippen LogP contribution in [0.25, 0.3) is 17.2 Å². The Hall–Kier alpha value is -3.31. The molecule has 4 rings (SSSR count). The van der Waals surface area contributed by atoms with Gasteiger partial charge in [0.15, 0.2) is 5.17 Å². The third-order valence-electron chi connectivity index (χ3n) is 4.62. The van der Waals surface area contributed by atoms with E-state index in [1.165, 1.54) is 17.3 Å². The van der Waals surface area contributed by atoms with Crippen LogP contribution in [0, 0.1) is 0 Å². The number of amides is 1. The molecule has 1 heterocycles. The van der Waals surface area contributed by atoms with Gasteiger partial charge in [-0.3, -0.25) is 9.69 Å². The predicted molar refractivity (Wildman–Crippen MR) is 120 cm³/mol. The van der Waals surface area contributed by atoms with Gasteiger partial charge < -0.3 is 4.74 Å². The second-order valence-electron chi connectivity index (χ2n) is 6.56. The van der Waals surface area contributed by atoms with E-state index in [1.54, 1.807) is 19.1 Å². The molecule has 144 valence electrons. The maximum atomic E-state index is 12.6. The molecule has 0 unspecified atom stereocenters. The maximum absolute atomic E-state index is 12.6. The lowest BCUT2D eigenvalue weighted by molar-refractivity contribution is -0.121. The van der Waals surface area contributed by atoms with Crippen LogP contribution in [0.1, 0.15) is 5.56 Å². The van der Waals surface area contributed by atoms with Crippen LogP contribution in [0.15, 0.2) is 88.8 Å². The number of carbonyl (C=O) groups is 1. The van der Waals surface area contributed by atoms with Gasteiger partial charge in [0.2, 0.25) is 0 Å². The first-order chi connectivity index (χ1) is 14.1. The van der Waals surface area contributed by atoms with Crippen molar-refractivity contribution in [3.05, 3.63) is 89.3 Å². The Kier molecular flexibility index (Phi) is 5.49. The third-order valence-corrected chi connectivity index (χ3v) is 5.68. The van der Waals surface area contributed by atoms with Crippen LogP contribution in [-0.4, -0.2) is 30.1 Å². The SMILES string of the molecule is COc1ccc(N=C2S/C(=C\c3ccc(-c4ccccc4)cc3)C(=O)N2C)cc1. The topological polar surface area (TPSA) is 41.9 Å². The van der Waals surface area contributed by atoms with Crippen molar-refractivity contribution < 1.29 is 9.53 Å². The van der Waals surface area contributed by atoms with Gasteiger partial charge in [0.1, 0.15) is 5.75 Å². The molecular formula is C24H20N2O2S. The van der Waals surface area contributed by atoms with Crippen molar-refractivity contribution >= 4 is 34.6 Å². The maximum Gasteiger partial charge on any atom is 0.266 e. The Balaban J connectivity index is 1.54.